The summed E-state index contributed by atoms with van der Waals surface area (Å²) in [6, 6.07) is 13.9. The van der Waals surface area contributed by atoms with Crippen LogP contribution in [0.5, 0.6) is 5.75 Å². The molecule has 0 saturated heterocycles. The van der Waals surface area contributed by atoms with E-state index in [0.717, 1.165) is 22.7 Å². The number of anilines is 1. The number of hydrogen-bond acceptors (Lipinski definition) is 4. The SMILES string of the molecule is CCC(C)N(Cc1ccc(OS(C)(=O)=O)cc1)C(=O)Nc1ccc(Br)cc1. The Kier molecular flexibility index (Phi) is 7.26. The van der Waals surface area contributed by atoms with Gasteiger partial charge in [-0.15, -0.1) is 0 Å². The van der Waals surface area contributed by atoms with Gasteiger partial charge in [-0.05, 0) is 55.3 Å². The van der Waals surface area contributed by atoms with Crippen molar-refractivity contribution in [1.82, 2.24) is 4.90 Å². The molecule has 0 aliphatic heterocycles. The minimum absolute atomic E-state index is 0.0346. The Morgan fingerprint density at radius 3 is 2.26 bits per heavy atom. The van der Waals surface area contributed by atoms with Crippen LogP contribution in [0.1, 0.15) is 25.8 Å². The lowest BCUT2D eigenvalue weighted by atomic mass is 10.1. The second-order valence-electron chi connectivity index (χ2n) is 6.25. The maximum atomic E-state index is 12.8. The molecule has 27 heavy (non-hydrogen) atoms. The molecular weight excluding hydrogens is 432 g/mol. The number of carbonyl (C=O) groups excluding carboxylic acids is 1. The maximum absolute atomic E-state index is 12.8. The molecule has 0 aliphatic carbocycles. The molecule has 0 fully saturated rings. The molecule has 1 atom stereocenters. The van der Waals surface area contributed by atoms with E-state index in [1.807, 2.05) is 38.1 Å². The number of halogens is 1. The summed E-state index contributed by atoms with van der Waals surface area (Å²) < 4.78 is 28.2. The fourth-order valence-corrected chi connectivity index (χ4v) is 3.12. The monoisotopic (exact) mass is 454 g/mol. The first-order chi connectivity index (χ1) is 12.7. The van der Waals surface area contributed by atoms with Gasteiger partial charge in [-0.3, -0.25) is 0 Å². The summed E-state index contributed by atoms with van der Waals surface area (Å²) in [7, 11) is -3.56. The molecule has 0 saturated carbocycles. The third kappa shape index (κ3) is 6.88. The fourth-order valence-electron chi connectivity index (χ4n) is 2.40. The standard InChI is InChI=1S/C19H23BrN2O4S/c1-4-14(2)22(19(23)21-17-9-7-16(20)8-10-17)13-15-5-11-18(12-6-15)26-27(3,24)25/h5-12,14H,4,13H2,1-3H3,(H,21,23). The van der Waals surface area contributed by atoms with Crippen molar-refractivity contribution in [3.63, 3.8) is 0 Å². The molecular formula is C19H23BrN2O4S. The van der Waals surface area contributed by atoms with Crippen LogP contribution in [0.15, 0.2) is 53.0 Å². The lowest BCUT2D eigenvalue weighted by Crippen LogP contribution is -2.40. The maximum Gasteiger partial charge on any atom is 0.322 e. The van der Waals surface area contributed by atoms with Gasteiger partial charge in [-0.25, -0.2) is 4.79 Å². The van der Waals surface area contributed by atoms with E-state index in [2.05, 4.69) is 21.2 Å². The highest BCUT2D eigenvalue weighted by Crippen LogP contribution is 2.19. The molecule has 2 aromatic rings. The molecule has 1 unspecified atom stereocenters. The Morgan fingerprint density at radius 2 is 1.74 bits per heavy atom. The van der Waals surface area contributed by atoms with Crippen LogP contribution < -0.4 is 9.50 Å². The minimum atomic E-state index is -3.56. The van der Waals surface area contributed by atoms with Crippen LogP contribution >= 0.6 is 15.9 Å². The number of benzene rings is 2. The molecule has 0 spiro atoms. The van der Waals surface area contributed by atoms with Gasteiger partial charge in [-0.2, -0.15) is 8.42 Å². The first kappa shape index (κ1) is 21.2. The van der Waals surface area contributed by atoms with Crippen LogP contribution in [0.4, 0.5) is 10.5 Å². The van der Waals surface area contributed by atoms with Crippen molar-refractivity contribution in [3.05, 3.63) is 58.6 Å². The van der Waals surface area contributed by atoms with Crippen LogP contribution in [0.25, 0.3) is 0 Å². The van der Waals surface area contributed by atoms with Crippen LogP contribution in [0.2, 0.25) is 0 Å². The summed E-state index contributed by atoms with van der Waals surface area (Å²) in [4.78, 5) is 14.5. The molecule has 2 rings (SSSR count). The molecule has 0 bridgehead atoms. The normalized spacial score (nSPS) is 12.3. The van der Waals surface area contributed by atoms with Crippen LogP contribution in [0.3, 0.4) is 0 Å². The predicted octanol–water partition coefficient (Wildman–Crippen LogP) is 4.62. The summed E-state index contributed by atoms with van der Waals surface area (Å²) >= 11 is 3.37. The summed E-state index contributed by atoms with van der Waals surface area (Å²) in [5.41, 5.74) is 1.59. The average molecular weight is 455 g/mol. The number of urea groups is 1. The number of nitrogens with zero attached hydrogens (tertiary/aromatic N) is 1. The van der Waals surface area contributed by atoms with Gasteiger partial charge in [-0.1, -0.05) is 35.0 Å². The molecule has 1 N–H and O–H groups in total. The molecule has 2 aromatic carbocycles. The van der Waals surface area contributed by atoms with E-state index in [9.17, 15) is 13.2 Å². The van der Waals surface area contributed by atoms with E-state index in [-0.39, 0.29) is 17.8 Å². The zero-order valence-corrected chi connectivity index (χ0v) is 17.9. The van der Waals surface area contributed by atoms with E-state index in [1.54, 1.807) is 29.2 Å². The quantitative estimate of drug-likeness (QED) is 0.619. The zero-order chi connectivity index (χ0) is 20.0. The average Bonchev–Trinajstić information content (AvgIpc) is 2.61. The highest BCUT2D eigenvalue weighted by molar-refractivity contribution is 9.10. The Balaban J connectivity index is 2.11. The van der Waals surface area contributed by atoms with Crippen molar-refractivity contribution < 1.29 is 17.4 Å². The first-order valence-corrected chi connectivity index (χ1v) is 11.1. The van der Waals surface area contributed by atoms with Crippen LogP contribution in [-0.4, -0.2) is 31.6 Å². The molecule has 0 heterocycles. The lowest BCUT2D eigenvalue weighted by molar-refractivity contribution is 0.187. The van der Waals surface area contributed by atoms with Gasteiger partial charge < -0.3 is 14.4 Å². The van der Waals surface area contributed by atoms with Gasteiger partial charge in [0.2, 0.25) is 0 Å². The van der Waals surface area contributed by atoms with Crippen LogP contribution in [0, 0.1) is 0 Å². The first-order valence-electron chi connectivity index (χ1n) is 8.49. The molecule has 8 heteroatoms. The third-order valence-corrected chi connectivity index (χ3v) is 5.03. The van der Waals surface area contributed by atoms with Crippen molar-refractivity contribution >= 4 is 37.8 Å². The summed E-state index contributed by atoms with van der Waals surface area (Å²) in [5, 5.41) is 2.91. The lowest BCUT2D eigenvalue weighted by Gasteiger charge is -2.29. The summed E-state index contributed by atoms with van der Waals surface area (Å²) in [5.74, 6) is 0.246. The van der Waals surface area contributed by atoms with Crippen molar-refractivity contribution in [3.8, 4) is 5.75 Å². The van der Waals surface area contributed by atoms with Crippen molar-refractivity contribution in [2.45, 2.75) is 32.9 Å². The molecule has 0 aromatic heterocycles. The van der Waals surface area contributed by atoms with Gasteiger partial charge in [0, 0.05) is 22.7 Å². The van der Waals surface area contributed by atoms with Crippen LogP contribution in [-0.2, 0) is 16.7 Å². The molecule has 0 aliphatic rings. The van der Waals surface area contributed by atoms with Crippen molar-refractivity contribution in [2.24, 2.45) is 0 Å². The van der Waals surface area contributed by atoms with E-state index >= 15 is 0 Å². The minimum Gasteiger partial charge on any atom is -0.383 e. The summed E-state index contributed by atoms with van der Waals surface area (Å²) in [6.45, 7) is 4.41. The second kappa shape index (κ2) is 9.23. The topological polar surface area (TPSA) is 75.7 Å². The Morgan fingerprint density at radius 1 is 1.15 bits per heavy atom. The van der Waals surface area contributed by atoms with E-state index < -0.39 is 10.1 Å². The van der Waals surface area contributed by atoms with Gasteiger partial charge in [0.05, 0.1) is 6.26 Å². The van der Waals surface area contributed by atoms with E-state index in [4.69, 9.17) is 4.18 Å². The second-order valence-corrected chi connectivity index (χ2v) is 8.74. The highest BCUT2D eigenvalue weighted by Gasteiger charge is 2.19. The van der Waals surface area contributed by atoms with Gasteiger partial charge >= 0.3 is 16.1 Å². The fraction of sp³-hybridized carbons (Fsp3) is 0.316. The smallest absolute Gasteiger partial charge is 0.322 e. The largest absolute Gasteiger partial charge is 0.383 e. The molecule has 146 valence electrons. The Hall–Kier alpha value is -2.06. The number of amides is 2. The Bertz CT molecular complexity index is 868. The van der Waals surface area contributed by atoms with E-state index in [0.29, 0.717) is 12.2 Å². The highest BCUT2D eigenvalue weighted by atomic mass is 79.9. The number of hydrogen-bond donors (Lipinski definition) is 1. The van der Waals surface area contributed by atoms with Gasteiger partial charge in [0.15, 0.2) is 0 Å². The predicted molar refractivity (Wildman–Crippen MR) is 110 cm³/mol. The number of carbonyl (C=O) groups is 1. The van der Waals surface area contributed by atoms with E-state index in [1.165, 1.54) is 0 Å². The molecule has 2 amide bonds. The molecule has 6 nitrogen and oxygen atoms in total. The zero-order valence-electron chi connectivity index (χ0n) is 15.5. The number of rotatable bonds is 7. The van der Waals surface area contributed by atoms with Crippen molar-refractivity contribution in [2.75, 3.05) is 11.6 Å². The van der Waals surface area contributed by atoms with Gasteiger partial charge in [0.25, 0.3) is 0 Å². The van der Waals surface area contributed by atoms with Crippen molar-refractivity contribution in [1.29, 1.82) is 0 Å². The third-order valence-electron chi connectivity index (χ3n) is 4.00. The molecule has 0 radical (unpaired) electrons. The Labute approximate surface area is 168 Å². The number of nitrogens with one attached hydrogen (secondary N) is 1. The summed E-state index contributed by atoms with van der Waals surface area (Å²) in [6.07, 6.45) is 1.81. The van der Waals surface area contributed by atoms with Gasteiger partial charge in [0.1, 0.15) is 5.75 Å².